The average molecular weight is 698 g/mol. The van der Waals surface area contributed by atoms with Crippen LogP contribution in [0.15, 0.2) is 72.8 Å². The van der Waals surface area contributed by atoms with Gasteiger partial charge in [-0.1, -0.05) is 80.5 Å². The SMILES string of the molecule is COc1ccc([Si](C)(C)[C@H]2[C@H](CC(=O)N(CCO)Cc3ccccc3)O[C@@]3(C(=O)N(C)c4ccc(N5CCCCCCC5=O)cc43)[C@@H]2C)cc1. The van der Waals surface area contributed by atoms with Crippen LogP contribution < -0.4 is 19.7 Å². The van der Waals surface area contributed by atoms with Crippen molar-refractivity contribution in [2.45, 2.75) is 82.3 Å². The second kappa shape index (κ2) is 14.7. The molecule has 4 atom stereocenters. The molecule has 10 heteroatoms. The largest absolute Gasteiger partial charge is 0.497 e. The minimum absolute atomic E-state index is 0.0762. The molecule has 3 heterocycles. The highest BCUT2D eigenvalue weighted by Crippen LogP contribution is 2.60. The van der Waals surface area contributed by atoms with Crippen LogP contribution in [0.1, 0.15) is 56.6 Å². The molecule has 2 fully saturated rings. The summed E-state index contributed by atoms with van der Waals surface area (Å²) in [4.78, 5) is 47.5. The molecule has 1 N–H and O–H groups in total. The van der Waals surface area contributed by atoms with Crippen molar-refractivity contribution in [3.63, 3.8) is 0 Å². The molecule has 2 saturated heterocycles. The average Bonchev–Trinajstić information content (AvgIpc) is 3.52. The van der Waals surface area contributed by atoms with Crippen LogP contribution in [0.4, 0.5) is 11.4 Å². The lowest BCUT2D eigenvalue weighted by atomic mass is 9.82. The Morgan fingerprint density at radius 2 is 1.74 bits per heavy atom. The van der Waals surface area contributed by atoms with Gasteiger partial charge >= 0.3 is 0 Å². The summed E-state index contributed by atoms with van der Waals surface area (Å²) < 4.78 is 12.6. The van der Waals surface area contributed by atoms with E-state index in [-0.39, 0.29) is 48.8 Å². The fraction of sp³-hybridized carbons (Fsp3) is 0.475. The maximum absolute atomic E-state index is 14.6. The summed E-state index contributed by atoms with van der Waals surface area (Å²) in [5, 5.41) is 11.1. The summed E-state index contributed by atoms with van der Waals surface area (Å²) in [6.45, 7) is 7.75. The molecule has 0 unspecified atom stereocenters. The zero-order valence-corrected chi connectivity index (χ0v) is 31.1. The number of rotatable bonds is 10. The van der Waals surface area contributed by atoms with Gasteiger partial charge in [-0.2, -0.15) is 0 Å². The number of anilines is 2. The number of amides is 3. The maximum atomic E-state index is 14.6. The topological polar surface area (TPSA) is 99.6 Å². The molecule has 0 saturated carbocycles. The first-order valence-corrected chi connectivity index (χ1v) is 21.1. The number of carbonyl (C=O) groups is 3. The van der Waals surface area contributed by atoms with Crippen molar-refractivity contribution >= 4 is 42.4 Å². The van der Waals surface area contributed by atoms with Gasteiger partial charge in [0, 0.05) is 50.3 Å². The monoisotopic (exact) mass is 697 g/mol. The lowest BCUT2D eigenvalue weighted by Crippen LogP contribution is -2.52. The van der Waals surface area contributed by atoms with E-state index in [0.29, 0.717) is 19.5 Å². The van der Waals surface area contributed by atoms with Crippen LogP contribution in [-0.2, 0) is 31.3 Å². The molecule has 9 nitrogen and oxygen atoms in total. The van der Waals surface area contributed by atoms with Gasteiger partial charge in [-0.15, -0.1) is 0 Å². The van der Waals surface area contributed by atoms with Crippen molar-refractivity contribution in [1.29, 1.82) is 0 Å². The Bertz CT molecular complexity index is 1700. The van der Waals surface area contributed by atoms with Crippen molar-refractivity contribution in [3.05, 3.63) is 83.9 Å². The second-order valence-electron chi connectivity index (χ2n) is 14.7. The summed E-state index contributed by atoms with van der Waals surface area (Å²) in [7, 11) is 0.964. The Labute approximate surface area is 297 Å². The van der Waals surface area contributed by atoms with Crippen LogP contribution in [0, 0.1) is 5.92 Å². The number of nitrogens with zero attached hydrogens (tertiary/aromatic N) is 3. The van der Waals surface area contributed by atoms with Crippen molar-refractivity contribution < 1.29 is 29.0 Å². The fourth-order valence-electron chi connectivity index (χ4n) is 8.73. The summed E-state index contributed by atoms with van der Waals surface area (Å²) >= 11 is 0. The van der Waals surface area contributed by atoms with Gasteiger partial charge in [-0.3, -0.25) is 14.4 Å². The minimum Gasteiger partial charge on any atom is -0.497 e. The number of hydrogen-bond acceptors (Lipinski definition) is 6. The summed E-state index contributed by atoms with van der Waals surface area (Å²) in [5.41, 5.74) is 1.85. The lowest BCUT2D eigenvalue weighted by molar-refractivity contribution is -0.149. The second-order valence-corrected chi connectivity index (χ2v) is 19.3. The molecule has 0 aromatic heterocycles. The number of methoxy groups -OCH3 is 1. The molecular weight excluding hydrogens is 647 g/mol. The van der Waals surface area contributed by atoms with Gasteiger partial charge in [0.25, 0.3) is 5.91 Å². The zero-order chi connectivity index (χ0) is 35.6. The van der Waals surface area contributed by atoms with Gasteiger partial charge in [0.1, 0.15) is 5.75 Å². The van der Waals surface area contributed by atoms with Crippen LogP contribution in [0.2, 0.25) is 18.6 Å². The van der Waals surface area contributed by atoms with E-state index in [4.69, 9.17) is 9.47 Å². The van der Waals surface area contributed by atoms with Crippen molar-refractivity contribution in [2.75, 3.05) is 43.7 Å². The molecule has 6 rings (SSSR count). The number of likely N-dealkylation sites (N-methyl/N-ethyl adjacent to an activating group) is 1. The third-order valence-corrected chi connectivity index (χ3v) is 15.8. The van der Waals surface area contributed by atoms with Crippen LogP contribution in [0.3, 0.4) is 0 Å². The van der Waals surface area contributed by atoms with E-state index in [0.717, 1.165) is 53.9 Å². The Kier molecular flexibility index (Phi) is 10.5. The smallest absolute Gasteiger partial charge is 0.264 e. The van der Waals surface area contributed by atoms with Crippen LogP contribution in [0.5, 0.6) is 5.75 Å². The predicted octanol–water partition coefficient (Wildman–Crippen LogP) is 5.60. The Morgan fingerprint density at radius 1 is 1.02 bits per heavy atom. The highest BCUT2D eigenvalue weighted by atomic mass is 28.3. The normalized spacial score (nSPS) is 23.9. The summed E-state index contributed by atoms with van der Waals surface area (Å²) in [6.07, 6.45) is 3.98. The third-order valence-electron chi connectivity index (χ3n) is 11.4. The van der Waals surface area contributed by atoms with E-state index in [2.05, 4.69) is 32.2 Å². The fourth-order valence-corrected chi connectivity index (χ4v) is 12.7. The number of fused-ring (bicyclic) bond motifs is 2. The highest BCUT2D eigenvalue weighted by Gasteiger charge is 2.66. The van der Waals surface area contributed by atoms with Gasteiger partial charge in [-0.25, -0.2) is 0 Å². The highest BCUT2D eigenvalue weighted by molar-refractivity contribution is 6.91. The molecule has 50 heavy (non-hydrogen) atoms. The van der Waals surface area contributed by atoms with Crippen LogP contribution in [0.25, 0.3) is 0 Å². The quantitative estimate of drug-likeness (QED) is 0.277. The number of aliphatic hydroxyl groups is 1. The Balaban J connectivity index is 1.42. The molecule has 1 spiro atoms. The predicted molar refractivity (Wildman–Crippen MR) is 198 cm³/mol. The Morgan fingerprint density at radius 3 is 2.44 bits per heavy atom. The van der Waals surface area contributed by atoms with Crippen LogP contribution >= 0.6 is 0 Å². The van der Waals surface area contributed by atoms with E-state index in [1.54, 1.807) is 24.0 Å². The number of benzene rings is 3. The van der Waals surface area contributed by atoms with Gasteiger partial charge < -0.3 is 29.3 Å². The third kappa shape index (κ3) is 6.49. The van der Waals surface area contributed by atoms with Crippen molar-refractivity contribution in [1.82, 2.24) is 4.90 Å². The number of carbonyl (C=O) groups excluding carboxylic acids is 3. The molecule has 3 aliphatic heterocycles. The van der Waals surface area contributed by atoms with Crippen molar-refractivity contribution in [3.8, 4) is 5.75 Å². The molecular formula is C40H51N3O6Si. The molecule has 0 radical (unpaired) electrons. The van der Waals surface area contributed by atoms with E-state index in [1.807, 2.05) is 65.6 Å². The molecule has 3 aliphatic rings. The summed E-state index contributed by atoms with van der Waals surface area (Å²) in [6, 6.07) is 23.8. The molecule has 0 bridgehead atoms. The first-order valence-electron chi connectivity index (χ1n) is 18.0. The van der Waals surface area contributed by atoms with Gasteiger partial charge in [-0.05, 0) is 54.3 Å². The van der Waals surface area contributed by atoms with E-state index in [9.17, 15) is 19.5 Å². The maximum Gasteiger partial charge on any atom is 0.264 e. The first kappa shape index (κ1) is 35.8. The first-order chi connectivity index (χ1) is 24.0. The van der Waals surface area contributed by atoms with E-state index >= 15 is 0 Å². The number of ether oxygens (including phenoxy) is 2. The Hall–Kier alpha value is -3.99. The lowest BCUT2D eigenvalue weighted by Gasteiger charge is -2.37. The summed E-state index contributed by atoms with van der Waals surface area (Å²) in [5.74, 6) is 0.325. The van der Waals surface area contributed by atoms with Crippen molar-refractivity contribution in [2.24, 2.45) is 5.92 Å². The van der Waals surface area contributed by atoms with Gasteiger partial charge in [0.15, 0.2) is 5.60 Å². The molecule has 3 aromatic rings. The molecule has 0 aliphatic carbocycles. The molecule has 3 amide bonds. The molecule has 3 aromatic carbocycles. The van der Waals surface area contributed by atoms with Gasteiger partial charge in [0.2, 0.25) is 11.8 Å². The minimum atomic E-state index is -2.47. The number of aliphatic hydroxyl groups excluding tert-OH is 1. The van der Waals surface area contributed by atoms with E-state index in [1.165, 1.54) is 5.19 Å². The molecule has 266 valence electrons. The van der Waals surface area contributed by atoms with E-state index < -0.39 is 19.8 Å². The standard InChI is InChI=1S/C40H51N3O6Si/c1-28-38(50(4,5)32-19-17-31(48-3)18-20-32)35(26-37(46)42(23-24-44)27-29-13-9-8-10-14-29)49-40(28)33-25-30(16-21-34(33)41(2)39(40)47)43-22-12-7-6-11-15-36(43)45/h8-10,13-14,16-21,25,28,35,38,44H,6-7,11-12,15,22-24,26-27H2,1-5H3/t28-,35+,38-,40+/m1/s1. The van der Waals surface area contributed by atoms with Gasteiger partial charge in [0.05, 0.1) is 40.0 Å². The number of hydrogen-bond donors (Lipinski definition) is 1. The zero-order valence-electron chi connectivity index (χ0n) is 30.1. The van der Waals surface area contributed by atoms with Crippen LogP contribution in [-0.4, -0.2) is 75.8 Å².